The van der Waals surface area contributed by atoms with Gasteiger partial charge in [0.15, 0.2) is 0 Å². The van der Waals surface area contributed by atoms with Crippen molar-refractivity contribution in [2.45, 2.75) is 115 Å². The highest BCUT2D eigenvalue weighted by molar-refractivity contribution is 4.63. The Labute approximate surface area is 220 Å². The summed E-state index contributed by atoms with van der Waals surface area (Å²) in [5, 5.41) is 18.1. The highest BCUT2D eigenvalue weighted by Crippen LogP contribution is 2.14. The SMILES string of the molecule is C.C.C.C.CCCCC(CC)COCC(COC(C)COCCN(CCO)CCO)OC(C)CC. The summed E-state index contributed by atoms with van der Waals surface area (Å²) in [6, 6.07) is 0. The van der Waals surface area contributed by atoms with E-state index in [4.69, 9.17) is 29.2 Å². The van der Waals surface area contributed by atoms with E-state index < -0.39 is 0 Å². The molecular formula is C28H67NO6. The molecule has 0 fully saturated rings. The molecule has 0 saturated heterocycles. The van der Waals surface area contributed by atoms with Crippen LogP contribution >= 0.6 is 0 Å². The van der Waals surface area contributed by atoms with Gasteiger partial charge in [0, 0.05) is 26.2 Å². The lowest BCUT2D eigenvalue weighted by Gasteiger charge is -2.25. The van der Waals surface area contributed by atoms with Crippen LogP contribution in [0.4, 0.5) is 0 Å². The molecule has 4 unspecified atom stereocenters. The lowest BCUT2D eigenvalue weighted by Crippen LogP contribution is -2.34. The van der Waals surface area contributed by atoms with Gasteiger partial charge >= 0.3 is 0 Å². The van der Waals surface area contributed by atoms with Crippen LogP contribution in [0.5, 0.6) is 0 Å². The average molecular weight is 514 g/mol. The summed E-state index contributed by atoms with van der Waals surface area (Å²) >= 11 is 0. The van der Waals surface area contributed by atoms with Crippen molar-refractivity contribution in [2.75, 3.05) is 65.9 Å². The summed E-state index contributed by atoms with van der Waals surface area (Å²) in [4.78, 5) is 1.98. The molecular weight excluding hydrogens is 446 g/mol. The molecule has 0 aromatic rings. The zero-order chi connectivity index (χ0) is 23.3. The number of unbranched alkanes of at least 4 members (excludes halogenated alkanes) is 1. The van der Waals surface area contributed by atoms with E-state index in [1.54, 1.807) is 0 Å². The minimum Gasteiger partial charge on any atom is -0.395 e. The van der Waals surface area contributed by atoms with Gasteiger partial charge in [0.05, 0.1) is 51.8 Å². The maximum atomic E-state index is 9.05. The molecule has 0 heterocycles. The molecule has 0 aromatic heterocycles. The second-order valence-corrected chi connectivity index (χ2v) is 8.44. The van der Waals surface area contributed by atoms with Crippen LogP contribution in [0.15, 0.2) is 0 Å². The van der Waals surface area contributed by atoms with E-state index in [0.29, 0.717) is 52.0 Å². The molecule has 0 bridgehead atoms. The first kappa shape index (κ1) is 44.7. The van der Waals surface area contributed by atoms with Crippen molar-refractivity contribution < 1.29 is 29.2 Å². The molecule has 0 radical (unpaired) electrons. The number of hydrogen-bond acceptors (Lipinski definition) is 7. The predicted octanol–water partition coefficient (Wildman–Crippen LogP) is 5.66. The maximum absolute atomic E-state index is 9.05. The first-order valence-electron chi connectivity index (χ1n) is 12.4. The maximum Gasteiger partial charge on any atom is 0.104 e. The summed E-state index contributed by atoms with van der Waals surface area (Å²) in [5.41, 5.74) is 0. The number of hydrogen-bond donors (Lipinski definition) is 2. The Morgan fingerprint density at radius 1 is 0.714 bits per heavy atom. The van der Waals surface area contributed by atoms with Crippen molar-refractivity contribution in [2.24, 2.45) is 5.92 Å². The summed E-state index contributed by atoms with van der Waals surface area (Å²) in [7, 11) is 0. The molecule has 2 N–H and O–H groups in total. The first-order chi connectivity index (χ1) is 15.0. The summed E-state index contributed by atoms with van der Waals surface area (Å²) in [6.45, 7) is 15.5. The molecule has 0 aromatic carbocycles. The Balaban J connectivity index is -0.000000750. The zero-order valence-corrected chi connectivity index (χ0v) is 20.9. The fraction of sp³-hybridized carbons (Fsp3) is 1.00. The van der Waals surface area contributed by atoms with Crippen molar-refractivity contribution >= 4 is 0 Å². The minimum atomic E-state index is -0.0781. The van der Waals surface area contributed by atoms with Crippen LogP contribution in [-0.4, -0.2) is 99.3 Å². The lowest BCUT2D eigenvalue weighted by molar-refractivity contribution is -0.110. The van der Waals surface area contributed by atoms with Gasteiger partial charge in [0.2, 0.25) is 0 Å². The van der Waals surface area contributed by atoms with Crippen molar-refractivity contribution in [3.8, 4) is 0 Å². The standard InChI is InChI=1S/C24H51NO6.4CH4/c1-6-9-10-23(8-3)18-29-19-24(31-21(4)7-2)20-30-22(5)17-28-16-13-25(11-14-26)12-15-27;;;;/h21-24,26-27H,6-20H2,1-5H3;4*1H4. The average Bonchev–Trinajstić information content (AvgIpc) is 2.77. The normalized spacial score (nSPS) is 14.1. The van der Waals surface area contributed by atoms with Crippen molar-refractivity contribution in [3.63, 3.8) is 0 Å². The van der Waals surface area contributed by atoms with Gasteiger partial charge in [0.1, 0.15) is 6.10 Å². The fourth-order valence-corrected chi connectivity index (χ4v) is 3.20. The van der Waals surface area contributed by atoms with Gasteiger partial charge < -0.3 is 29.2 Å². The quantitative estimate of drug-likeness (QED) is 0.171. The first-order valence-corrected chi connectivity index (χ1v) is 12.4. The van der Waals surface area contributed by atoms with Crippen LogP contribution in [0, 0.1) is 5.92 Å². The van der Waals surface area contributed by atoms with Gasteiger partial charge in [-0.1, -0.05) is 69.7 Å². The molecule has 35 heavy (non-hydrogen) atoms. The van der Waals surface area contributed by atoms with Gasteiger partial charge in [0.25, 0.3) is 0 Å². The topological polar surface area (TPSA) is 80.6 Å². The van der Waals surface area contributed by atoms with Crippen molar-refractivity contribution in [1.82, 2.24) is 4.90 Å². The Bertz CT molecular complexity index is 369. The molecule has 0 spiro atoms. The highest BCUT2D eigenvalue weighted by Gasteiger charge is 2.17. The van der Waals surface area contributed by atoms with Crippen LogP contribution in [0.2, 0.25) is 0 Å². The molecule has 4 atom stereocenters. The van der Waals surface area contributed by atoms with E-state index in [0.717, 1.165) is 19.4 Å². The van der Waals surface area contributed by atoms with Crippen LogP contribution in [0.3, 0.4) is 0 Å². The minimum absolute atomic E-state index is 0. The molecule has 0 amide bonds. The van der Waals surface area contributed by atoms with E-state index in [2.05, 4.69) is 27.7 Å². The van der Waals surface area contributed by atoms with Crippen LogP contribution in [0.25, 0.3) is 0 Å². The Kier molecular flexibility index (Phi) is 40.5. The van der Waals surface area contributed by atoms with E-state index in [1.807, 2.05) is 11.8 Å². The summed E-state index contributed by atoms with van der Waals surface area (Å²) < 4.78 is 23.8. The molecule has 0 saturated carbocycles. The number of nitrogens with zero attached hydrogens (tertiary/aromatic N) is 1. The van der Waals surface area contributed by atoms with Gasteiger partial charge in [-0.2, -0.15) is 0 Å². The smallest absolute Gasteiger partial charge is 0.104 e. The van der Waals surface area contributed by atoms with Gasteiger partial charge in [-0.05, 0) is 32.6 Å². The largest absolute Gasteiger partial charge is 0.395 e. The van der Waals surface area contributed by atoms with Gasteiger partial charge in [-0.25, -0.2) is 0 Å². The molecule has 0 rings (SSSR count). The van der Waals surface area contributed by atoms with Crippen molar-refractivity contribution in [3.05, 3.63) is 0 Å². The second kappa shape index (κ2) is 31.7. The zero-order valence-electron chi connectivity index (χ0n) is 20.9. The third kappa shape index (κ3) is 26.6. The van der Waals surface area contributed by atoms with Gasteiger partial charge in [-0.15, -0.1) is 0 Å². The fourth-order valence-electron chi connectivity index (χ4n) is 3.20. The second-order valence-electron chi connectivity index (χ2n) is 8.44. The molecule has 7 nitrogen and oxygen atoms in total. The van der Waals surface area contributed by atoms with E-state index in [9.17, 15) is 0 Å². The van der Waals surface area contributed by atoms with Crippen LogP contribution in [0.1, 0.15) is 96.4 Å². The van der Waals surface area contributed by atoms with Crippen LogP contribution in [-0.2, 0) is 18.9 Å². The number of rotatable bonds is 23. The lowest BCUT2D eigenvalue weighted by atomic mass is 10.0. The van der Waals surface area contributed by atoms with E-state index in [-0.39, 0.29) is 61.2 Å². The number of aliphatic hydroxyl groups is 2. The Morgan fingerprint density at radius 2 is 1.34 bits per heavy atom. The monoisotopic (exact) mass is 513 g/mol. The Morgan fingerprint density at radius 3 is 1.86 bits per heavy atom. The highest BCUT2D eigenvalue weighted by atomic mass is 16.6. The molecule has 220 valence electrons. The molecule has 0 aliphatic carbocycles. The number of aliphatic hydroxyl groups excluding tert-OH is 2. The summed E-state index contributed by atoms with van der Waals surface area (Å²) in [5.74, 6) is 0.619. The van der Waals surface area contributed by atoms with Crippen LogP contribution < -0.4 is 0 Å². The van der Waals surface area contributed by atoms with Crippen molar-refractivity contribution in [1.29, 1.82) is 0 Å². The van der Waals surface area contributed by atoms with E-state index in [1.165, 1.54) is 19.3 Å². The number of ether oxygens (including phenoxy) is 4. The summed E-state index contributed by atoms with van der Waals surface area (Å²) in [6.07, 6.45) is 5.87. The Hall–Kier alpha value is -0.280. The van der Waals surface area contributed by atoms with Gasteiger partial charge in [-0.3, -0.25) is 4.90 Å². The molecule has 0 aliphatic heterocycles. The third-order valence-electron chi connectivity index (χ3n) is 5.50. The predicted molar refractivity (Wildman–Crippen MR) is 153 cm³/mol. The third-order valence-corrected chi connectivity index (χ3v) is 5.50. The molecule has 7 heteroatoms. The molecule has 0 aliphatic rings. The van der Waals surface area contributed by atoms with E-state index >= 15 is 0 Å².